The average molecular weight is 321 g/mol. The van der Waals surface area contributed by atoms with Crippen LogP contribution in [0.25, 0.3) is 0 Å². The monoisotopic (exact) mass is 321 g/mol. The molecule has 0 saturated heterocycles. The Morgan fingerprint density at radius 3 is 2.57 bits per heavy atom. The van der Waals surface area contributed by atoms with Crippen LogP contribution in [-0.2, 0) is 4.79 Å². The Labute approximate surface area is 137 Å². The van der Waals surface area contributed by atoms with E-state index in [1.54, 1.807) is 31.0 Å². The minimum Gasteiger partial charge on any atom is -0.492 e. The molecule has 1 unspecified atom stereocenters. The number of benzene rings is 1. The van der Waals surface area contributed by atoms with Gasteiger partial charge in [0.25, 0.3) is 0 Å². The molecule has 1 atom stereocenters. The van der Waals surface area contributed by atoms with Gasteiger partial charge in [-0.1, -0.05) is 13.8 Å². The van der Waals surface area contributed by atoms with Crippen molar-refractivity contribution in [1.29, 1.82) is 5.26 Å². The highest BCUT2D eigenvalue weighted by atomic mass is 19.1. The SMILES string of the molecule is CC(C)C(C)(C#N)NC(=O)CN(C)CCOc1ccc(F)cc1. The number of nitrogens with zero attached hydrogens (tertiary/aromatic N) is 2. The first-order valence-corrected chi connectivity index (χ1v) is 7.56. The second kappa shape index (κ2) is 8.49. The van der Waals surface area contributed by atoms with Crippen molar-refractivity contribution in [2.75, 3.05) is 26.7 Å². The quantitative estimate of drug-likeness (QED) is 0.797. The molecule has 6 heteroatoms. The number of likely N-dealkylation sites (N-methyl/N-ethyl adjacent to an activating group) is 1. The Kier molecular flexibility index (Phi) is 6.98. The van der Waals surface area contributed by atoms with E-state index >= 15 is 0 Å². The van der Waals surface area contributed by atoms with Gasteiger partial charge in [-0.15, -0.1) is 0 Å². The number of carbonyl (C=O) groups excluding carboxylic acids is 1. The molecule has 1 amide bonds. The number of nitriles is 1. The van der Waals surface area contributed by atoms with Crippen molar-refractivity contribution in [2.24, 2.45) is 5.92 Å². The topological polar surface area (TPSA) is 65.4 Å². The van der Waals surface area contributed by atoms with Crippen molar-refractivity contribution in [3.05, 3.63) is 30.1 Å². The number of ether oxygens (including phenoxy) is 1. The molecule has 0 aliphatic carbocycles. The van der Waals surface area contributed by atoms with Gasteiger partial charge >= 0.3 is 0 Å². The van der Waals surface area contributed by atoms with Gasteiger partial charge in [-0.05, 0) is 44.2 Å². The summed E-state index contributed by atoms with van der Waals surface area (Å²) in [6.07, 6.45) is 0. The Morgan fingerprint density at radius 1 is 1.43 bits per heavy atom. The van der Waals surface area contributed by atoms with Gasteiger partial charge in [-0.2, -0.15) is 5.26 Å². The van der Waals surface area contributed by atoms with Gasteiger partial charge in [0.2, 0.25) is 5.91 Å². The molecule has 0 spiro atoms. The second-order valence-corrected chi connectivity index (χ2v) is 6.06. The van der Waals surface area contributed by atoms with Crippen LogP contribution in [-0.4, -0.2) is 43.1 Å². The molecule has 0 bridgehead atoms. The number of amides is 1. The third-order valence-corrected chi connectivity index (χ3v) is 3.75. The van der Waals surface area contributed by atoms with Crippen LogP contribution in [0.4, 0.5) is 4.39 Å². The van der Waals surface area contributed by atoms with Gasteiger partial charge in [0.1, 0.15) is 23.7 Å². The molecule has 1 rings (SSSR count). The van der Waals surface area contributed by atoms with E-state index in [-0.39, 0.29) is 24.2 Å². The van der Waals surface area contributed by atoms with Crippen LogP contribution in [0.2, 0.25) is 0 Å². The van der Waals surface area contributed by atoms with Crippen LogP contribution in [0.15, 0.2) is 24.3 Å². The smallest absolute Gasteiger partial charge is 0.235 e. The number of hydrogen-bond acceptors (Lipinski definition) is 4. The zero-order valence-corrected chi connectivity index (χ0v) is 14.1. The van der Waals surface area contributed by atoms with E-state index in [1.165, 1.54) is 12.1 Å². The molecule has 0 saturated carbocycles. The van der Waals surface area contributed by atoms with Crippen molar-refractivity contribution >= 4 is 5.91 Å². The van der Waals surface area contributed by atoms with Crippen LogP contribution in [0.3, 0.4) is 0 Å². The first kappa shape index (κ1) is 18.9. The highest BCUT2D eigenvalue weighted by Gasteiger charge is 2.30. The average Bonchev–Trinajstić information content (AvgIpc) is 2.48. The van der Waals surface area contributed by atoms with E-state index in [0.29, 0.717) is 18.9 Å². The van der Waals surface area contributed by atoms with Gasteiger partial charge in [0, 0.05) is 6.54 Å². The van der Waals surface area contributed by atoms with Crippen LogP contribution in [0, 0.1) is 23.1 Å². The number of hydrogen-bond donors (Lipinski definition) is 1. The predicted octanol–water partition coefficient (Wildman–Crippen LogP) is 2.19. The van der Waals surface area contributed by atoms with E-state index in [0.717, 1.165) is 0 Å². The molecule has 5 nitrogen and oxygen atoms in total. The number of carbonyl (C=O) groups is 1. The van der Waals surface area contributed by atoms with Crippen molar-refractivity contribution in [3.8, 4) is 11.8 Å². The number of rotatable bonds is 8. The molecule has 1 N–H and O–H groups in total. The van der Waals surface area contributed by atoms with E-state index in [4.69, 9.17) is 4.74 Å². The Morgan fingerprint density at radius 2 is 2.04 bits per heavy atom. The first-order valence-electron chi connectivity index (χ1n) is 7.56. The standard InChI is InChI=1S/C17H24FN3O2/c1-13(2)17(3,12-19)20-16(22)11-21(4)9-10-23-15-7-5-14(18)6-8-15/h5-8,13H,9-11H2,1-4H3,(H,20,22). The molecule has 0 radical (unpaired) electrons. The highest BCUT2D eigenvalue weighted by Crippen LogP contribution is 2.15. The Hall–Kier alpha value is -2.13. The molecule has 23 heavy (non-hydrogen) atoms. The number of nitrogens with one attached hydrogen (secondary N) is 1. The third kappa shape index (κ3) is 6.25. The summed E-state index contributed by atoms with van der Waals surface area (Å²) < 4.78 is 18.3. The fourth-order valence-corrected chi connectivity index (χ4v) is 1.80. The lowest BCUT2D eigenvalue weighted by molar-refractivity contribution is -0.123. The molecule has 0 aliphatic rings. The lowest BCUT2D eigenvalue weighted by Crippen LogP contribution is -2.51. The molecule has 1 aromatic rings. The molecule has 126 valence electrons. The van der Waals surface area contributed by atoms with Crippen LogP contribution < -0.4 is 10.1 Å². The van der Waals surface area contributed by atoms with E-state index in [9.17, 15) is 14.4 Å². The van der Waals surface area contributed by atoms with Gasteiger partial charge in [0.05, 0.1) is 12.6 Å². The zero-order chi connectivity index (χ0) is 17.5. The van der Waals surface area contributed by atoms with Crippen LogP contribution in [0.5, 0.6) is 5.75 Å². The maximum atomic E-state index is 12.8. The molecule has 0 fully saturated rings. The summed E-state index contributed by atoms with van der Waals surface area (Å²) in [4.78, 5) is 13.8. The molecule has 0 heterocycles. The second-order valence-electron chi connectivity index (χ2n) is 6.06. The van der Waals surface area contributed by atoms with Crippen molar-refractivity contribution in [3.63, 3.8) is 0 Å². The minimum atomic E-state index is -0.872. The highest BCUT2D eigenvalue weighted by molar-refractivity contribution is 5.79. The summed E-state index contributed by atoms with van der Waals surface area (Å²) in [6, 6.07) is 7.93. The lowest BCUT2D eigenvalue weighted by Gasteiger charge is -2.28. The summed E-state index contributed by atoms with van der Waals surface area (Å²) in [6.45, 7) is 6.60. The van der Waals surface area contributed by atoms with E-state index in [1.807, 2.05) is 13.8 Å². The predicted molar refractivity (Wildman–Crippen MR) is 86.4 cm³/mol. The van der Waals surface area contributed by atoms with Crippen molar-refractivity contribution < 1.29 is 13.9 Å². The zero-order valence-electron chi connectivity index (χ0n) is 14.1. The minimum absolute atomic E-state index is 0.0172. The third-order valence-electron chi connectivity index (χ3n) is 3.75. The molecule has 0 aromatic heterocycles. The van der Waals surface area contributed by atoms with E-state index in [2.05, 4.69) is 11.4 Å². The molecule has 0 aliphatic heterocycles. The van der Waals surface area contributed by atoms with Crippen molar-refractivity contribution in [1.82, 2.24) is 10.2 Å². The summed E-state index contributed by atoms with van der Waals surface area (Å²) >= 11 is 0. The Balaban J connectivity index is 2.36. The molecular formula is C17H24FN3O2. The van der Waals surface area contributed by atoms with Crippen LogP contribution in [0.1, 0.15) is 20.8 Å². The fraction of sp³-hybridized carbons (Fsp3) is 0.529. The summed E-state index contributed by atoms with van der Waals surface area (Å²) in [5, 5.41) is 12.0. The molecule has 1 aromatic carbocycles. The largest absolute Gasteiger partial charge is 0.492 e. The van der Waals surface area contributed by atoms with Crippen molar-refractivity contribution in [2.45, 2.75) is 26.3 Å². The number of halogens is 1. The lowest BCUT2D eigenvalue weighted by atomic mass is 9.90. The fourth-order valence-electron chi connectivity index (χ4n) is 1.80. The van der Waals surface area contributed by atoms with E-state index < -0.39 is 5.54 Å². The Bertz CT molecular complexity index is 554. The molecular weight excluding hydrogens is 297 g/mol. The summed E-state index contributed by atoms with van der Waals surface area (Å²) in [7, 11) is 1.80. The van der Waals surface area contributed by atoms with Gasteiger partial charge < -0.3 is 10.1 Å². The summed E-state index contributed by atoms with van der Waals surface area (Å²) in [5.74, 6) is 0.0912. The first-order chi connectivity index (χ1) is 10.8. The van der Waals surface area contributed by atoms with Crippen LogP contribution >= 0.6 is 0 Å². The summed E-state index contributed by atoms with van der Waals surface area (Å²) in [5.41, 5.74) is -0.872. The maximum Gasteiger partial charge on any atom is 0.235 e. The van der Waals surface area contributed by atoms with Gasteiger partial charge in [-0.3, -0.25) is 9.69 Å². The normalized spacial score (nSPS) is 13.5. The van der Waals surface area contributed by atoms with Gasteiger partial charge in [-0.25, -0.2) is 4.39 Å². The van der Waals surface area contributed by atoms with Gasteiger partial charge in [0.15, 0.2) is 0 Å². The maximum absolute atomic E-state index is 12.8.